The van der Waals surface area contributed by atoms with Crippen LogP contribution in [-0.4, -0.2) is 24.7 Å². The van der Waals surface area contributed by atoms with E-state index in [9.17, 15) is 0 Å². The number of halogens is 1. The highest BCUT2D eigenvalue weighted by Gasteiger charge is 2.04. The molecule has 0 aliphatic rings. The van der Waals surface area contributed by atoms with Crippen molar-refractivity contribution in [1.82, 2.24) is 4.98 Å². The van der Waals surface area contributed by atoms with E-state index in [1.807, 2.05) is 0 Å². The topological polar surface area (TPSA) is 60.2 Å². The van der Waals surface area contributed by atoms with E-state index in [1.54, 1.807) is 19.2 Å². The first-order valence-electron chi connectivity index (χ1n) is 4.80. The maximum Gasteiger partial charge on any atom is 0.133 e. The smallest absolute Gasteiger partial charge is 0.133 e. The zero-order valence-electron chi connectivity index (χ0n) is 8.96. The van der Waals surface area contributed by atoms with Crippen LogP contribution in [0.15, 0.2) is 12.1 Å². The largest absolute Gasteiger partial charge is 0.399 e. The average Bonchev–Trinajstić information content (AvgIpc) is 2.13. The second-order valence-electron chi connectivity index (χ2n) is 3.44. The van der Waals surface area contributed by atoms with Crippen LogP contribution in [0, 0.1) is 0 Å². The molecule has 0 saturated heterocycles. The molecule has 1 heterocycles. The van der Waals surface area contributed by atoms with E-state index in [1.165, 1.54) is 0 Å². The fraction of sp³-hybridized carbons (Fsp3) is 0.500. The van der Waals surface area contributed by atoms with Gasteiger partial charge in [-0.15, -0.1) is 0 Å². The number of rotatable bonds is 5. The average molecular weight is 230 g/mol. The van der Waals surface area contributed by atoms with Gasteiger partial charge in [0.15, 0.2) is 0 Å². The fourth-order valence-electron chi connectivity index (χ4n) is 1.21. The van der Waals surface area contributed by atoms with Crippen LogP contribution >= 0.6 is 11.6 Å². The molecule has 1 aromatic heterocycles. The lowest BCUT2D eigenvalue weighted by atomic mass is 10.2. The Bertz CT molecular complexity index is 299. The number of hydrogen-bond donors (Lipinski definition) is 2. The first-order valence-corrected chi connectivity index (χ1v) is 5.18. The van der Waals surface area contributed by atoms with Crippen LogP contribution < -0.4 is 11.1 Å². The van der Waals surface area contributed by atoms with Gasteiger partial charge in [-0.25, -0.2) is 4.98 Å². The van der Waals surface area contributed by atoms with Crippen LogP contribution in [0.25, 0.3) is 0 Å². The van der Waals surface area contributed by atoms with Crippen molar-refractivity contribution in [2.75, 3.05) is 24.8 Å². The van der Waals surface area contributed by atoms with Crippen molar-refractivity contribution in [3.63, 3.8) is 0 Å². The number of nitrogens with one attached hydrogen (secondary N) is 1. The minimum atomic E-state index is 0.273. The molecule has 4 nitrogen and oxygen atoms in total. The summed E-state index contributed by atoms with van der Waals surface area (Å²) in [4.78, 5) is 4.12. The summed E-state index contributed by atoms with van der Waals surface area (Å²) in [7, 11) is 1.68. The van der Waals surface area contributed by atoms with E-state index in [2.05, 4.69) is 17.2 Å². The first kappa shape index (κ1) is 12.1. The second kappa shape index (κ2) is 5.78. The molecule has 0 fully saturated rings. The van der Waals surface area contributed by atoms with Gasteiger partial charge in [-0.2, -0.15) is 0 Å². The van der Waals surface area contributed by atoms with Gasteiger partial charge in [-0.1, -0.05) is 11.6 Å². The lowest BCUT2D eigenvalue weighted by molar-refractivity contribution is 0.191. The molecule has 1 aromatic rings. The van der Waals surface area contributed by atoms with Crippen LogP contribution in [0.5, 0.6) is 0 Å². The molecule has 0 aromatic carbocycles. The Kier molecular flexibility index (Phi) is 4.65. The molecule has 0 bridgehead atoms. The molecule has 1 rings (SSSR count). The lowest BCUT2D eigenvalue weighted by Crippen LogP contribution is -2.18. The van der Waals surface area contributed by atoms with Crippen LogP contribution in [-0.2, 0) is 4.74 Å². The molecule has 1 atom stereocenters. The third-order valence-electron chi connectivity index (χ3n) is 1.97. The van der Waals surface area contributed by atoms with E-state index in [-0.39, 0.29) is 6.04 Å². The van der Waals surface area contributed by atoms with E-state index in [0.717, 1.165) is 6.42 Å². The number of hydrogen-bond acceptors (Lipinski definition) is 4. The van der Waals surface area contributed by atoms with Crippen molar-refractivity contribution < 1.29 is 4.74 Å². The molecule has 1 unspecified atom stereocenters. The number of aromatic nitrogens is 1. The van der Waals surface area contributed by atoms with Crippen LogP contribution in [0.1, 0.15) is 13.3 Å². The highest BCUT2D eigenvalue weighted by molar-refractivity contribution is 6.29. The predicted octanol–water partition coefficient (Wildman–Crippen LogP) is 2.15. The van der Waals surface area contributed by atoms with Crippen molar-refractivity contribution in [2.24, 2.45) is 0 Å². The van der Waals surface area contributed by atoms with Gasteiger partial charge in [-0.3, -0.25) is 0 Å². The van der Waals surface area contributed by atoms with Crippen LogP contribution in [0.2, 0.25) is 5.15 Å². The van der Waals surface area contributed by atoms with Crippen molar-refractivity contribution in [1.29, 1.82) is 0 Å². The number of nitrogens with two attached hydrogens (primary N) is 1. The molecule has 15 heavy (non-hydrogen) atoms. The summed E-state index contributed by atoms with van der Waals surface area (Å²) in [5.41, 5.74) is 6.25. The molecule has 0 amide bonds. The lowest BCUT2D eigenvalue weighted by Gasteiger charge is -2.14. The standard InChI is InChI=1S/C10H16ClN3O/c1-7(3-4-15-2)13-10-6-8(12)5-9(11)14-10/h5-7H,3-4H2,1-2H3,(H3,12,13,14). The molecule has 0 saturated carbocycles. The third-order valence-corrected chi connectivity index (χ3v) is 2.16. The van der Waals surface area contributed by atoms with E-state index in [0.29, 0.717) is 23.3 Å². The summed E-state index contributed by atoms with van der Waals surface area (Å²) in [5, 5.41) is 3.60. The monoisotopic (exact) mass is 229 g/mol. The number of pyridine rings is 1. The van der Waals surface area contributed by atoms with Gasteiger partial charge in [0, 0.05) is 31.5 Å². The first-order chi connectivity index (χ1) is 7.11. The Morgan fingerprint density at radius 2 is 2.33 bits per heavy atom. The molecule has 0 spiro atoms. The van der Waals surface area contributed by atoms with Gasteiger partial charge in [0.1, 0.15) is 11.0 Å². The maximum atomic E-state index is 5.78. The van der Waals surface area contributed by atoms with Gasteiger partial charge in [-0.05, 0) is 19.4 Å². The van der Waals surface area contributed by atoms with Gasteiger partial charge in [0.25, 0.3) is 0 Å². The quantitative estimate of drug-likeness (QED) is 0.760. The van der Waals surface area contributed by atoms with Crippen LogP contribution in [0.4, 0.5) is 11.5 Å². The number of ether oxygens (including phenoxy) is 1. The fourth-order valence-corrected chi connectivity index (χ4v) is 1.43. The zero-order valence-corrected chi connectivity index (χ0v) is 9.71. The van der Waals surface area contributed by atoms with Gasteiger partial charge in [0.2, 0.25) is 0 Å². The number of nitrogens with zero attached hydrogens (tertiary/aromatic N) is 1. The Hall–Kier alpha value is -1.00. The summed E-state index contributed by atoms with van der Waals surface area (Å²) in [5.74, 6) is 0.698. The Labute approximate surface area is 94.8 Å². The van der Waals surface area contributed by atoms with Crippen molar-refractivity contribution >= 4 is 23.1 Å². The summed E-state index contributed by atoms with van der Waals surface area (Å²) in [6, 6.07) is 3.65. The van der Waals surface area contributed by atoms with Gasteiger partial charge in [0.05, 0.1) is 0 Å². The molecule has 5 heteroatoms. The van der Waals surface area contributed by atoms with Crippen molar-refractivity contribution in [3.05, 3.63) is 17.3 Å². The normalized spacial score (nSPS) is 12.5. The molecule has 84 valence electrons. The number of methoxy groups -OCH3 is 1. The number of anilines is 2. The molecular weight excluding hydrogens is 214 g/mol. The molecule has 0 aliphatic heterocycles. The minimum Gasteiger partial charge on any atom is -0.399 e. The Morgan fingerprint density at radius 1 is 1.60 bits per heavy atom. The summed E-state index contributed by atoms with van der Waals surface area (Å²) < 4.78 is 4.99. The Morgan fingerprint density at radius 3 is 2.93 bits per heavy atom. The maximum absolute atomic E-state index is 5.78. The zero-order chi connectivity index (χ0) is 11.3. The number of nitrogen functional groups attached to an aromatic ring is 1. The molecule has 0 radical (unpaired) electrons. The SMILES string of the molecule is COCCC(C)Nc1cc(N)cc(Cl)n1. The van der Waals surface area contributed by atoms with E-state index in [4.69, 9.17) is 22.1 Å². The van der Waals surface area contributed by atoms with Crippen LogP contribution in [0.3, 0.4) is 0 Å². The van der Waals surface area contributed by atoms with Gasteiger partial charge < -0.3 is 15.8 Å². The van der Waals surface area contributed by atoms with Crippen molar-refractivity contribution in [3.8, 4) is 0 Å². The second-order valence-corrected chi connectivity index (χ2v) is 3.82. The summed E-state index contributed by atoms with van der Waals surface area (Å²) in [6.45, 7) is 2.77. The van der Waals surface area contributed by atoms with E-state index >= 15 is 0 Å². The third kappa shape index (κ3) is 4.36. The highest BCUT2D eigenvalue weighted by atomic mass is 35.5. The van der Waals surface area contributed by atoms with E-state index < -0.39 is 0 Å². The molecule has 3 N–H and O–H groups in total. The van der Waals surface area contributed by atoms with Gasteiger partial charge >= 0.3 is 0 Å². The summed E-state index contributed by atoms with van der Waals surface area (Å²) >= 11 is 5.78. The summed E-state index contributed by atoms with van der Waals surface area (Å²) in [6.07, 6.45) is 0.907. The predicted molar refractivity (Wildman–Crippen MR) is 63.2 cm³/mol. The Balaban J connectivity index is 2.56. The molecule has 0 aliphatic carbocycles. The minimum absolute atomic E-state index is 0.273. The molecular formula is C10H16ClN3O. The highest BCUT2D eigenvalue weighted by Crippen LogP contribution is 2.16. The van der Waals surface area contributed by atoms with Crippen molar-refractivity contribution in [2.45, 2.75) is 19.4 Å².